The van der Waals surface area contributed by atoms with E-state index in [9.17, 15) is 37.1 Å². The van der Waals surface area contributed by atoms with Gasteiger partial charge in [0.05, 0.1) is 38.3 Å². The first-order valence-corrected chi connectivity index (χ1v) is 38.0. The SMILES string of the molecule is CCCC(C)Nc1nc(C)ncc1Cn1ccccc1=O.CCCCC(C)Nc1nc(N)ncc1Cn1ccccc1=O.CCCCCCNc1nc(C)ncc1Cn1ccccc1=O.CCCCCNc1nc(C)ncc1Cn1ccccc1=O.CCCCNc1nc(C)ncc1Cn1ccc(C(F)(F)F)cc1=O. The summed E-state index contributed by atoms with van der Waals surface area (Å²) in [6.07, 6.45) is 28.3. The lowest BCUT2D eigenvalue weighted by molar-refractivity contribution is -0.137. The summed E-state index contributed by atoms with van der Waals surface area (Å²) in [6.45, 7) is 26.9. The zero-order valence-electron chi connectivity index (χ0n) is 65.5. The van der Waals surface area contributed by atoms with Gasteiger partial charge >= 0.3 is 6.18 Å². The Hall–Kier alpha value is -11.3. The first-order valence-electron chi connectivity index (χ1n) is 38.0. The van der Waals surface area contributed by atoms with Crippen molar-refractivity contribution in [2.75, 3.05) is 52.0 Å². The summed E-state index contributed by atoms with van der Waals surface area (Å²) in [6, 6.07) is 22.7. The molecule has 0 bridgehead atoms. The van der Waals surface area contributed by atoms with E-state index in [1.807, 2.05) is 45.0 Å². The van der Waals surface area contributed by atoms with Crippen LogP contribution in [0.1, 0.15) is 195 Å². The molecule has 10 rings (SSSR count). The van der Waals surface area contributed by atoms with Crippen LogP contribution in [-0.4, -0.2) is 104 Å². The Labute approximate surface area is 642 Å². The van der Waals surface area contributed by atoms with E-state index in [2.05, 4.69) is 125 Å². The third-order valence-corrected chi connectivity index (χ3v) is 17.1. The van der Waals surface area contributed by atoms with Crippen molar-refractivity contribution in [2.45, 2.75) is 217 Å². The van der Waals surface area contributed by atoms with Crippen LogP contribution in [0, 0.1) is 27.7 Å². The lowest BCUT2D eigenvalue weighted by Crippen LogP contribution is -2.23. The summed E-state index contributed by atoms with van der Waals surface area (Å²) < 4.78 is 45.7. The van der Waals surface area contributed by atoms with Gasteiger partial charge in [-0.05, 0) is 104 Å². The van der Waals surface area contributed by atoms with E-state index in [1.54, 1.807) is 123 Å². The van der Waals surface area contributed by atoms with Gasteiger partial charge in [-0.3, -0.25) is 24.0 Å². The number of pyridine rings is 5. The van der Waals surface area contributed by atoms with E-state index >= 15 is 0 Å². The van der Waals surface area contributed by atoms with Crippen LogP contribution in [0.2, 0.25) is 0 Å². The number of nitrogens with two attached hydrogens (primary N) is 1. The normalized spacial score (nSPS) is 11.4. The Kier molecular flexibility index (Phi) is 37.3. The molecule has 2 unspecified atom stereocenters. The number of anilines is 6. The second kappa shape index (κ2) is 46.8. The number of rotatable bonds is 34. The van der Waals surface area contributed by atoms with Crippen LogP contribution in [-0.2, 0) is 38.9 Å². The molecule has 0 saturated heterocycles. The smallest absolute Gasteiger partial charge is 0.370 e. The fourth-order valence-corrected chi connectivity index (χ4v) is 11.1. The number of nitrogen functional groups attached to an aromatic ring is 1. The maximum Gasteiger partial charge on any atom is 0.416 e. The van der Waals surface area contributed by atoms with Gasteiger partial charge in [0.25, 0.3) is 27.8 Å². The Morgan fingerprint density at radius 3 is 1.06 bits per heavy atom. The zero-order chi connectivity index (χ0) is 79.8. The molecule has 2 atom stereocenters. The molecule has 110 heavy (non-hydrogen) atoms. The third kappa shape index (κ3) is 30.8. The van der Waals surface area contributed by atoms with Gasteiger partial charge in [-0.15, -0.1) is 0 Å². The van der Waals surface area contributed by atoms with Crippen molar-refractivity contribution in [3.05, 3.63) is 255 Å². The van der Waals surface area contributed by atoms with Crippen molar-refractivity contribution >= 4 is 35.0 Å². The molecule has 0 aliphatic carbocycles. The second-order valence-electron chi connectivity index (χ2n) is 26.7. The van der Waals surface area contributed by atoms with Gasteiger partial charge in [0.1, 0.15) is 52.4 Å². The van der Waals surface area contributed by atoms with Crippen molar-refractivity contribution in [3.8, 4) is 0 Å². The molecule has 7 N–H and O–H groups in total. The summed E-state index contributed by atoms with van der Waals surface area (Å²) in [4.78, 5) is 102. The lowest BCUT2D eigenvalue weighted by Gasteiger charge is -2.17. The van der Waals surface area contributed by atoms with Gasteiger partial charge in [-0.25, -0.2) is 44.9 Å². The third-order valence-electron chi connectivity index (χ3n) is 17.1. The van der Waals surface area contributed by atoms with Gasteiger partial charge in [0.2, 0.25) is 5.95 Å². The topological polar surface area (TPSA) is 325 Å². The Balaban J connectivity index is 0.000000215. The molecule has 0 saturated carbocycles. The highest BCUT2D eigenvalue weighted by molar-refractivity contribution is 5.48. The number of aromatic nitrogens is 15. The molecule has 10 aromatic heterocycles. The first-order chi connectivity index (χ1) is 52.9. The number of halogens is 3. The molecule has 0 amide bonds. The highest BCUT2D eigenvalue weighted by atomic mass is 19.4. The van der Waals surface area contributed by atoms with Crippen molar-refractivity contribution in [1.29, 1.82) is 0 Å². The number of nitrogens with one attached hydrogen (secondary N) is 5. The number of hydrogen-bond acceptors (Lipinski definition) is 21. The van der Waals surface area contributed by atoms with E-state index in [0.29, 0.717) is 67.4 Å². The molecule has 590 valence electrons. The maximum absolute atomic E-state index is 12.6. The van der Waals surface area contributed by atoms with Crippen LogP contribution >= 0.6 is 0 Å². The van der Waals surface area contributed by atoms with Gasteiger partial charge in [0, 0.05) is 152 Å². The van der Waals surface area contributed by atoms with Crippen LogP contribution in [0.25, 0.3) is 0 Å². The van der Waals surface area contributed by atoms with Gasteiger partial charge < -0.3 is 55.2 Å². The monoisotopic (exact) mass is 1510 g/mol. The van der Waals surface area contributed by atoms with E-state index in [1.165, 1.54) is 42.7 Å². The van der Waals surface area contributed by atoms with E-state index in [0.717, 1.165) is 147 Å². The number of hydrogen-bond donors (Lipinski definition) is 6. The molecule has 10 aromatic rings. The molecule has 0 spiro atoms. The highest BCUT2D eigenvalue weighted by Gasteiger charge is 2.31. The molecule has 0 aromatic carbocycles. The molecule has 0 aliphatic rings. The summed E-state index contributed by atoms with van der Waals surface area (Å²) in [7, 11) is 0. The second-order valence-corrected chi connectivity index (χ2v) is 26.7. The van der Waals surface area contributed by atoms with Crippen molar-refractivity contribution in [1.82, 2.24) is 72.7 Å². The zero-order valence-corrected chi connectivity index (χ0v) is 65.5. The van der Waals surface area contributed by atoms with E-state index in [-0.39, 0.29) is 34.7 Å². The summed E-state index contributed by atoms with van der Waals surface area (Å²) in [5.41, 5.74) is 8.22. The fourth-order valence-electron chi connectivity index (χ4n) is 11.1. The standard InChI is InChI=1S/C17H24N4O.C16H19F3N4O.C16H23N5O.2C16H22N4O/c1-3-4-5-7-10-18-17-15(12-19-14(2)20-17)13-21-11-8-6-9-16(21)22;1-3-4-6-20-15-12(9-21-11(2)22-15)10-23-7-5-13(8-14(23)24)16(17,18)19;1-3-4-7-12(2)19-15-13(10-18-16(17)20-15)11-21-9-6-5-8-14(21)22;1-4-7-12(2)18-16-14(10-17-13(3)19-16)11-20-9-6-5-8-15(20)21;1-3-4-6-9-17-16-14(11-18-13(2)19-16)12-20-10-7-5-8-15(20)21/h6,8-9,11-12H,3-5,7,10,13H2,1-2H3,(H,18,19,20);5,7-9H,3-4,6,10H2,1-2H3,(H,20,21,22);5-6,8-10,12H,3-4,7,11H2,1-2H3,(H3,17,18,19,20);5-6,8-10,12H,4,7,11H2,1-3H3,(H,17,18,19);5,7-8,10-11H,3-4,6,9,12H2,1-2H3,(H,17,18,19). The largest absolute Gasteiger partial charge is 0.416 e. The minimum atomic E-state index is -4.53. The van der Waals surface area contributed by atoms with Crippen LogP contribution < -0.4 is 60.1 Å². The van der Waals surface area contributed by atoms with Crippen LogP contribution in [0.15, 0.2) is 171 Å². The van der Waals surface area contributed by atoms with E-state index < -0.39 is 17.3 Å². The van der Waals surface area contributed by atoms with E-state index in [4.69, 9.17) is 5.73 Å². The van der Waals surface area contributed by atoms with Crippen LogP contribution in [0.4, 0.5) is 48.2 Å². The highest BCUT2D eigenvalue weighted by Crippen LogP contribution is 2.28. The number of nitrogens with zero attached hydrogens (tertiary/aromatic N) is 15. The number of unbranched alkanes of at least 4 members (excludes halogenated alkanes) is 7. The molecule has 10 heterocycles. The van der Waals surface area contributed by atoms with Gasteiger partial charge in [-0.2, -0.15) is 18.2 Å². The molecule has 0 fully saturated rings. The van der Waals surface area contributed by atoms with Gasteiger partial charge in [-0.1, -0.05) is 117 Å². The quantitative estimate of drug-likeness (QED) is 0.0204. The molecular formula is C81H110F3N21O5. The average Bonchev–Trinajstić information content (AvgIpc) is 0.836. The Morgan fingerprint density at radius 2 is 0.700 bits per heavy atom. The maximum atomic E-state index is 12.6. The van der Waals surface area contributed by atoms with Crippen LogP contribution in [0.5, 0.6) is 0 Å². The summed E-state index contributed by atoms with van der Waals surface area (Å²) in [5, 5.41) is 16.7. The summed E-state index contributed by atoms with van der Waals surface area (Å²) >= 11 is 0. The minimum absolute atomic E-state index is 0.0167. The van der Waals surface area contributed by atoms with Crippen LogP contribution in [0.3, 0.4) is 0 Å². The fraction of sp³-hybridized carbons (Fsp3) is 0.444. The number of aryl methyl sites for hydroxylation is 4. The molecule has 0 radical (unpaired) electrons. The molecule has 26 nitrogen and oxygen atoms in total. The molecular weight excluding hydrogens is 1400 g/mol. The van der Waals surface area contributed by atoms with Crippen molar-refractivity contribution < 1.29 is 13.2 Å². The lowest BCUT2D eigenvalue weighted by atomic mass is 10.1. The summed E-state index contributed by atoms with van der Waals surface area (Å²) in [5.74, 6) is 6.79. The Morgan fingerprint density at radius 1 is 0.373 bits per heavy atom. The average molecular weight is 1510 g/mol. The first kappa shape index (κ1) is 87.6. The molecule has 0 aliphatic heterocycles. The Bertz CT molecular complexity index is 4730. The molecule has 29 heteroatoms. The predicted octanol–water partition coefficient (Wildman–Crippen LogP) is 13.7. The van der Waals surface area contributed by atoms with Crippen molar-refractivity contribution in [3.63, 3.8) is 0 Å². The number of alkyl halides is 3. The predicted molar refractivity (Wildman–Crippen MR) is 432 cm³/mol. The van der Waals surface area contributed by atoms with Crippen molar-refractivity contribution in [2.24, 2.45) is 0 Å². The van der Waals surface area contributed by atoms with Gasteiger partial charge in [0.15, 0.2) is 0 Å². The minimum Gasteiger partial charge on any atom is -0.370 e.